The average molecular weight is 228 g/mol. The number of hydrogen-bond acceptors (Lipinski definition) is 3. The van der Waals surface area contributed by atoms with E-state index in [9.17, 15) is 9.90 Å². The first-order valence-corrected chi connectivity index (χ1v) is 5.18. The van der Waals surface area contributed by atoms with Crippen molar-refractivity contribution in [1.29, 1.82) is 0 Å². The Bertz CT molecular complexity index is 538. The Morgan fingerprint density at radius 2 is 1.94 bits per heavy atom. The Morgan fingerprint density at radius 1 is 1.24 bits per heavy atom. The van der Waals surface area contributed by atoms with Crippen molar-refractivity contribution >= 4 is 11.6 Å². The molecule has 0 unspecified atom stereocenters. The molecule has 1 amide bonds. The molecule has 2 rings (SSSR count). The van der Waals surface area contributed by atoms with Crippen LogP contribution in [0.4, 0.5) is 5.69 Å². The van der Waals surface area contributed by atoms with Crippen LogP contribution in [0.1, 0.15) is 6.92 Å². The molecule has 0 saturated carbocycles. The minimum atomic E-state index is -0.142. The molecule has 0 saturated heterocycles. The summed E-state index contributed by atoms with van der Waals surface area (Å²) in [5.74, 6) is 0.0293. The number of anilines is 1. The minimum absolute atomic E-state index is 0.142. The lowest BCUT2D eigenvalue weighted by molar-refractivity contribution is -0.114. The number of phenolic OH excluding ortho intramolecular Hbond substituents is 1. The molecule has 1 heterocycles. The van der Waals surface area contributed by atoms with Crippen molar-refractivity contribution in [3.63, 3.8) is 0 Å². The second kappa shape index (κ2) is 4.65. The number of amides is 1. The normalized spacial score (nSPS) is 9.94. The first kappa shape index (κ1) is 11.1. The van der Waals surface area contributed by atoms with Crippen molar-refractivity contribution in [1.82, 2.24) is 4.98 Å². The van der Waals surface area contributed by atoms with E-state index in [1.807, 2.05) is 0 Å². The highest BCUT2D eigenvalue weighted by molar-refractivity contribution is 5.90. The zero-order chi connectivity index (χ0) is 12.3. The van der Waals surface area contributed by atoms with Crippen LogP contribution in [-0.4, -0.2) is 16.0 Å². The maximum atomic E-state index is 11.0. The molecule has 1 aromatic heterocycles. The van der Waals surface area contributed by atoms with Crippen molar-refractivity contribution in [3.8, 4) is 16.9 Å². The Labute approximate surface area is 98.9 Å². The lowest BCUT2D eigenvalue weighted by Gasteiger charge is -2.08. The van der Waals surface area contributed by atoms with Gasteiger partial charge in [0.05, 0.1) is 0 Å². The summed E-state index contributed by atoms with van der Waals surface area (Å²) in [4.78, 5) is 14.9. The monoisotopic (exact) mass is 228 g/mol. The number of benzene rings is 1. The number of hydrogen-bond donors (Lipinski definition) is 2. The molecular formula is C13H12N2O2. The fourth-order valence-corrected chi connectivity index (χ4v) is 1.58. The molecule has 0 bridgehead atoms. The highest BCUT2D eigenvalue weighted by Gasteiger charge is 2.05. The summed E-state index contributed by atoms with van der Waals surface area (Å²) < 4.78 is 0. The number of carbonyl (C=O) groups excluding carboxylic acids is 1. The highest BCUT2D eigenvalue weighted by Crippen LogP contribution is 2.31. The molecule has 0 radical (unpaired) electrons. The van der Waals surface area contributed by atoms with E-state index in [1.54, 1.807) is 42.7 Å². The number of nitrogens with one attached hydrogen (secondary N) is 1. The van der Waals surface area contributed by atoms with E-state index in [4.69, 9.17) is 0 Å². The van der Waals surface area contributed by atoms with Gasteiger partial charge in [-0.2, -0.15) is 0 Å². The van der Waals surface area contributed by atoms with E-state index in [0.29, 0.717) is 11.3 Å². The molecular weight excluding hydrogens is 216 g/mol. The molecule has 4 heteroatoms. The number of carbonyl (C=O) groups is 1. The maximum absolute atomic E-state index is 11.0. The molecule has 2 aromatic rings. The zero-order valence-corrected chi connectivity index (χ0v) is 9.34. The molecule has 0 atom stereocenters. The molecule has 0 spiro atoms. The third kappa shape index (κ3) is 2.60. The summed E-state index contributed by atoms with van der Waals surface area (Å²) in [5, 5.41) is 12.5. The molecule has 1 aromatic carbocycles. The van der Waals surface area contributed by atoms with Gasteiger partial charge in [-0.3, -0.25) is 9.78 Å². The van der Waals surface area contributed by atoms with Gasteiger partial charge in [0.25, 0.3) is 0 Å². The van der Waals surface area contributed by atoms with Crippen molar-refractivity contribution in [2.45, 2.75) is 6.92 Å². The predicted molar refractivity (Wildman–Crippen MR) is 65.6 cm³/mol. The van der Waals surface area contributed by atoms with Crippen LogP contribution in [0.25, 0.3) is 11.1 Å². The van der Waals surface area contributed by atoms with Crippen LogP contribution in [0.15, 0.2) is 42.7 Å². The van der Waals surface area contributed by atoms with Gasteiger partial charge in [-0.1, -0.05) is 0 Å². The Morgan fingerprint density at radius 3 is 2.59 bits per heavy atom. The van der Waals surface area contributed by atoms with Crippen LogP contribution in [-0.2, 0) is 4.79 Å². The highest BCUT2D eigenvalue weighted by atomic mass is 16.3. The van der Waals surface area contributed by atoms with E-state index in [2.05, 4.69) is 10.3 Å². The number of aromatic nitrogens is 1. The summed E-state index contributed by atoms with van der Waals surface area (Å²) in [6.07, 6.45) is 3.31. The third-order valence-electron chi connectivity index (χ3n) is 2.31. The fraction of sp³-hybridized carbons (Fsp3) is 0.0769. The zero-order valence-electron chi connectivity index (χ0n) is 9.34. The number of aromatic hydroxyl groups is 1. The molecule has 4 nitrogen and oxygen atoms in total. The lowest BCUT2D eigenvalue weighted by atomic mass is 10.1. The van der Waals surface area contributed by atoms with Gasteiger partial charge in [0.1, 0.15) is 5.75 Å². The second-order valence-corrected chi connectivity index (χ2v) is 3.65. The first-order valence-electron chi connectivity index (χ1n) is 5.18. The number of pyridine rings is 1. The summed E-state index contributed by atoms with van der Waals surface area (Å²) in [5.41, 5.74) is 2.17. The second-order valence-electron chi connectivity index (χ2n) is 3.65. The SMILES string of the molecule is CC(=O)Nc1ccc(O)c(-c2ccncc2)c1. The van der Waals surface area contributed by atoms with E-state index >= 15 is 0 Å². The summed E-state index contributed by atoms with van der Waals surface area (Å²) in [7, 11) is 0. The van der Waals surface area contributed by atoms with Crippen LogP contribution >= 0.6 is 0 Å². The van der Waals surface area contributed by atoms with Gasteiger partial charge >= 0.3 is 0 Å². The van der Waals surface area contributed by atoms with Gasteiger partial charge < -0.3 is 10.4 Å². The molecule has 0 aliphatic rings. The van der Waals surface area contributed by atoms with Crippen LogP contribution in [0.2, 0.25) is 0 Å². The largest absolute Gasteiger partial charge is 0.507 e. The van der Waals surface area contributed by atoms with Crippen molar-refractivity contribution in [2.75, 3.05) is 5.32 Å². The van der Waals surface area contributed by atoms with Crippen LogP contribution in [0.3, 0.4) is 0 Å². The van der Waals surface area contributed by atoms with E-state index in [-0.39, 0.29) is 11.7 Å². The van der Waals surface area contributed by atoms with Crippen LogP contribution in [0, 0.1) is 0 Å². The number of phenols is 1. The number of rotatable bonds is 2. The Hall–Kier alpha value is -2.36. The molecule has 0 fully saturated rings. The summed E-state index contributed by atoms with van der Waals surface area (Å²) in [6, 6.07) is 8.54. The number of nitrogens with zero attached hydrogens (tertiary/aromatic N) is 1. The van der Waals surface area contributed by atoms with Gasteiger partial charge in [-0.25, -0.2) is 0 Å². The quantitative estimate of drug-likeness (QED) is 0.776. The Balaban J connectivity index is 2.43. The maximum Gasteiger partial charge on any atom is 0.221 e. The molecule has 17 heavy (non-hydrogen) atoms. The first-order chi connectivity index (χ1) is 8.16. The lowest BCUT2D eigenvalue weighted by Crippen LogP contribution is -2.05. The van der Waals surface area contributed by atoms with Gasteiger partial charge in [-0.05, 0) is 35.9 Å². The van der Waals surface area contributed by atoms with Crippen LogP contribution in [0.5, 0.6) is 5.75 Å². The average Bonchev–Trinajstić information content (AvgIpc) is 2.32. The molecule has 2 N–H and O–H groups in total. The summed E-state index contributed by atoms with van der Waals surface area (Å²) >= 11 is 0. The topological polar surface area (TPSA) is 62.2 Å². The van der Waals surface area contributed by atoms with Gasteiger partial charge in [-0.15, -0.1) is 0 Å². The van der Waals surface area contributed by atoms with Gasteiger partial charge in [0, 0.05) is 30.6 Å². The molecule has 86 valence electrons. The van der Waals surface area contributed by atoms with E-state index in [1.165, 1.54) is 6.92 Å². The van der Waals surface area contributed by atoms with E-state index < -0.39 is 0 Å². The Kier molecular flexibility index (Phi) is 3.05. The van der Waals surface area contributed by atoms with E-state index in [0.717, 1.165) is 5.56 Å². The molecule has 0 aliphatic carbocycles. The standard InChI is InChI=1S/C13H12N2O2/c1-9(16)15-11-2-3-13(17)12(8-11)10-4-6-14-7-5-10/h2-8,17H,1H3,(H,15,16). The van der Waals surface area contributed by atoms with Crippen LogP contribution < -0.4 is 5.32 Å². The molecule has 0 aliphatic heterocycles. The third-order valence-corrected chi connectivity index (χ3v) is 2.31. The van der Waals surface area contributed by atoms with Gasteiger partial charge in [0.2, 0.25) is 5.91 Å². The smallest absolute Gasteiger partial charge is 0.221 e. The minimum Gasteiger partial charge on any atom is -0.507 e. The van der Waals surface area contributed by atoms with Crippen molar-refractivity contribution in [3.05, 3.63) is 42.7 Å². The van der Waals surface area contributed by atoms with Crippen molar-refractivity contribution in [2.24, 2.45) is 0 Å². The predicted octanol–water partition coefficient (Wildman–Crippen LogP) is 2.41. The summed E-state index contributed by atoms with van der Waals surface area (Å²) in [6.45, 7) is 1.44. The van der Waals surface area contributed by atoms with Crippen molar-refractivity contribution < 1.29 is 9.90 Å². The van der Waals surface area contributed by atoms with Gasteiger partial charge in [0.15, 0.2) is 0 Å². The fourth-order valence-electron chi connectivity index (χ4n) is 1.58.